The zero-order chi connectivity index (χ0) is 26.7. The molecule has 37 heavy (non-hydrogen) atoms. The van der Waals surface area contributed by atoms with Gasteiger partial charge in [-0.15, -0.1) is 0 Å². The van der Waals surface area contributed by atoms with Crippen molar-refractivity contribution in [2.24, 2.45) is 5.92 Å². The van der Waals surface area contributed by atoms with E-state index >= 15 is 4.39 Å². The summed E-state index contributed by atoms with van der Waals surface area (Å²) in [4.78, 5) is 28.8. The number of benzene rings is 2. The summed E-state index contributed by atoms with van der Waals surface area (Å²) >= 11 is 0. The maximum Gasteiger partial charge on any atom is 0.404 e. The predicted octanol–water partition coefficient (Wildman–Crippen LogP) is 5.12. The summed E-state index contributed by atoms with van der Waals surface area (Å²) in [6.07, 6.45) is 1.05. The van der Waals surface area contributed by atoms with Crippen LogP contribution in [0.25, 0.3) is 21.7 Å². The van der Waals surface area contributed by atoms with Crippen LogP contribution in [0.5, 0.6) is 11.5 Å². The number of aryl methyl sites for hydroxylation is 1. The Balaban J connectivity index is 1.76. The van der Waals surface area contributed by atoms with Crippen molar-refractivity contribution in [3.05, 3.63) is 76.1 Å². The van der Waals surface area contributed by atoms with Gasteiger partial charge in [-0.1, -0.05) is 19.1 Å². The van der Waals surface area contributed by atoms with Crippen LogP contribution < -0.4 is 20.3 Å². The molecular formula is C28H30FN3O5. The molecule has 4 aromatic rings. The smallest absolute Gasteiger partial charge is 0.404 e. The lowest BCUT2D eigenvalue weighted by atomic mass is 10.0. The molecule has 8 nitrogen and oxygen atoms in total. The van der Waals surface area contributed by atoms with E-state index in [2.05, 4.69) is 10.3 Å². The summed E-state index contributed by atoms with van der Waals surface area (Å²) in [5.74, 6) is 0.0572. The minimum absolute atomic E-state index is 0.0335. The maximum absolute atomic E-state index is 16.0. The van der Waals surface area contributed by atoms with Crippen molar-refractivity contribution < 1.29 is 23.8 Å². The van der Waals surface area contributed by atoms with E-state index < -0.39 is 11.9 Å². The number of nitrogens with one attached hydrogen (secondary N) is 1. The highest BCUT2D eigenvalue weighted by Gasteiger charge is 2.20. The molecule has 2 aromatic heterocycles. The Kier molecular flexibility index (Phi) is 7.61. The van der Waals surface area contributed by atoms with E-state index in [-0.39, 0.29) is 41.9 Å². The molecule has 2 aromatic carbocycles. The first-order valence-corrected chi connectivity index (χ1v) is 12.0. The van der Waals surface area contributed by atoms with Crippen LogP contribution in [0.4, 0.5) is 9.18 Å². The lowest BCUT2D eigenvalue weighted by molar-refractivity contribution is 0.185. The molecule has 0 fully saturated rings. The van der Waals surface area contributed by atoms with E-state index in [9.17, 15) is 9.59 Å². The van der Waals surface area contributed by atoms with Crippen LogP contribution in [0.1, 0.15) is 31.5 Å². The first kappa shape index (κ1) is 25.9. The van der Waals surface area contributed by atoms with Crippen molar-refractivity contribution in [2.45, 2.75) is 39.8 Å². The summed E-state index contributed by atoms with van der Waals surface area (Å²) in [5, 5.41) is 13.0. The van der Waals surface area contributed by atoms with Crippen molar-refractivity contribution in [2.75, 3.05) is 13.7 Å². The third-order valence-corrected chi connectivity index (χ3v) is 6.39. The molecule has 0 bridgehead atoms. The highest BCUT2D eigenvalue weighted by molar-refractivity contribution is 6.06. The second kappa shape index (κ2) is 10.9. The van der Waals surface area contributed by atoms with Crippen LogP contribution in [0.15, 0.2) is 53.5 Å². The minimum atomic E-state index is -1.09. The summed E-state index contributed by atoms with van der Waals surface area (Å²) in [7, 11) is 1.58. The van der Waals surface area contributed by atoms with Gasteiger partial charge in [0.1, 0.15) is 5.75 Å². The first-order valence-electron chi connectivity index (χ1n) is 12.0. The van der Waals surface area contributed by atoms with Gasteiger partial charge in [-0.2, -0.15) is 0 Å². The number of rotatable bonds is 9. The molecule has 194 valence electrons. The monoisotopic (exact) mass is 507 g/mol. The molecule has 9 heteroatoms. The summed E-state index contributed by atoms with van der Waals surface area (Å²) in [6, 6.07) is 12.1. The lowest BCUT2D eigenvalue weighted by Crippen LogP contribution is -2.33. The van der Waals surface area contributed by atoms with Crippen LogP contribution in [-0.4, -0.2) is 40.5 Å². The zero-order valence-corrected chi connectivity index (χ0v) is 21.2. The van der Waals surface area contributed by atoms with E-state index in [0.29, 0.717) is 34.0 Å². The maximum atomic E-state index is 16.0. The number of fused-ring (bicyclic) bond motifs is 3. The largest absolute Gasteiger partial charge is 0.497 e. The van der Waals surface area contributed by atoms with Crippen LogP contribution in [0.2, 0.25) is 0 Å². The highest BCUT2D eigenvalue weighted by Crippen LogP contribution is 2.31. The number of aromatic nitrogens is 2. The number of amides is 1. The third kappa shape index (κ3) is 5.50. The van der Waals surface area contributed by atoms with Gasteiger partial charge in [-0.25, -0.2) is 9.18 Å². The van der Waals surface area contributed by atoms with E-state index in [0.717, 1.165) is 5.56 Å². The quantitative estimate of drug-likeness (QED) is 0.305. The lowest BCUT2D eigenvalue weighted by Gasteiger charge is -2.19. The number of nitrogens with zero attached hydrogens (tertiary/aromatic N) is 2. The molecule has 2 N–H and O–H groups in total. The van der Waals surface area contributed by atoms with Gasteiger partial charge in [0.15, 0.2) is 11.6 Å². The number of carbonyl (C=O) groups is 1. The van der Waals surface area contributed by atoms with Gasteiger partial charge in [0.05, 0.1) is 36.9 Å². The molecule has 2 heterocycles. The fourth-order valence-electron chi connectivity index (χ4n) is 4.67. The Bertz CT molecular complexity index is 1500. The molecule has 2 atom stereocenters. The number of hydrogen-bond donors (Lipinski definition) is 2. The average Bonchev–Trinajstić information content (AvgIpc) is 2.85. The molecule has 0 aliphatic rings. The molecule has 0 radical (unpaired) electrons. The number of carboxylic acid groups (broad SMARTS) is 1. The number of ether oxygens (including phenoxy) is 2. The Hall–Kier alpha value is -4.14. The number of hydrogen-bond acceptors (Lipinski definition) is 5. The Morgan fingerprint density at radius 1 is 1.14 bits per heavy atom. The summed E-state index contributed by atoms with van der Waals surface area (Å²) in [5.41, 5.74) is 1.21. The topological polar surface area (TPSA) is 103 Å². The molecule has 2 unspecified atom stereocenters. The number of halogens is 1. The SMILES string of the molecule is COc1ccc(Cn2c(=O)c3c(C)nccc3c3ccc(OCC(C)CC(C)NC(=O)O)c(F)c32)cc1. The van der Waals surface area contributed by atoms with Crippen molar-refractivity contribution in [3.8, 4) is 11.5 Å². The van der Waals surface area contributed by atoms with Crippen molar-refractivity contribution in [3.63, 3.8) is 0 Å². The molecule has 0 saturated heterocycles. The Labute approximate surface area is 213 Å². The number of pyridine rings is 2. The molecule has 1 amide bonds. The van der Waals surface area contributed by atoms with E-state index in [1.807, 2.05) is 19.1 Å². The van der Waals surface area contributed by atoms with Crippen molar-refractivity contribution in [1.29, 1.82) is 0 Å². The van der Waals surface area contributed by atoms with Crippen molar-refractivity contribution in [1.82, 2.24) is 14.9 Å². The van der Waals surface area contributed by atoms with E-state index in [1.165, 1.54) is 4.57 Å². The molecular weight excluding hydrogens is 477 g/mol. The molecule has 4 rings (SSSR count). The van der Waals surface area contributed by atoms with E-state index in [1.54, 1.807) is 57.5 Å². The predicted molar refractivity (Wildman–Crippen MR) is 140 cm³/mol. The summed E-state index contributed by atoms with van der Waals surface area (Å²) in [6.45, 7) is 5.78. The molecule has 0 saturated carbocycles. The molecule has 0 spiro atoms. The highest BCUT2D eigenvalue weighted by atomic mass is 19.1. The fourth-order valence-corrected chi connectivity index (χ4v) is 4.67. The number of methoxy groups -OCH3 is 1. The van der Waals surface area contributed by atoms with Crippen LogP contribution in [-0.2, 0) is 6.54 Å². The Morgan fingerprint density at radius 2 is 1.86 bits per heavy atom. The van der Waals surface area contributed by atoms with Crippen LogP contribution in [0, 0.1) is 18.7 Å². The summed E-state index contributed by atoms with van der Waals surface area (Å²) < 4.78 is 28.5. The fraction of sp³-hybridized carbons (Fsp3) is 0.321. The average molecular weight is 508 g/mol. The zero-order valence-electron chi connectivity index (χ0n) is 21.2. The van der Waals surface area contributed by atoms with Gasteiger partial charge in [0, 0.05) is 17.6 Å². The Morgan fingerprint density at radius 3 is 2.54 bits per heavy atom. The molecule has 0 aliphatic carbocycles. The van der Waals surface area contributed by atoms with Gasteiger partial charge in [-0.3, -0.25) is 9.78 Å². The second-order valence-corrected chi connectivity index (χ2v) is 9.33. The van der Waals surface area contributed by atoms with Crippen LogP contribution >= 0.6 is 0 Å². The van der Waals surface area contributed by atoms with Gasteiger partial charge in [-0.05, 0) is 67.5 Å². The minimum Gasteiger partial charge on any atom is -0.497 e. The molecule has 0 aliphatic heterocycles. The van der Waals surface area contributed by atoms with Crippen LogP contribution in [0.3, 0.4) is 0 Å². The van der Waals surface area contributed by atoms with Gasteiger partial charge < -0.3 is 24.5 Å². The first-order chi connectivity index (χ1) is 17.7. The third-order valence-electron chi connectivity index (χ3n) is 6.39. The second-order valence-electron chi connectivity index (χ2n) is 9.33. The van der Waals surface area contributed by atoms with E-state index in [4.69, 9.17) is 14.6 Å². The van der Waals surface area contributed by atoms with Gasteiger partial charge in [0.25, 0.3) is 5.56 Å². The van der Waals surface area contributed by atoms with Gasteiger partial charge >= 0.3 is 6.09 Å². The van der Waals surface area contributed by atoms with Gasteiger partial charge in [0.2, 0.25) is 0 Å². The standard InChI is InChI=1S/C28H30FN3O5/c1-16(13-17(2)31-28(34)35)15-37-23-10-9-22-21-11-12-30-18(3)24(21)27(33)32(26(22)25(23)29)14-19-5-7-20(36-4)8-6-19/h5-12,16-17,31H,13-15H2,1-4H3,(H,34,35). The normalized spacial score (nSPS) is 12.9. The van der Waals surface area contributed by atoms with Crippen molar-refractivity contribution >= 4 is 27.8 Å².